The smallest absolute Gasteiger partial charge is 0.123 e. The molecule has 0 heterocycles. The number of nitrogens with two attached hydrogens (primary N) is 1. The first-order valence-electron chi connectivity index (χ1n) is 6.46. The van der Waals surface area contributed by atoms with Crippen LogP contribution in [-0.4, -0.2) is 19.3 Å². The van der Waals surface area contributed by atoms with E-state index in [1.165, 1.54) is 6.07 Å². The van der Waals surface area contributed by atoms with E-state index < -0.39 is 0 Å². The number of rotatable bonds is 7. The minimum Gasteiger partial charge on any atom is -0.379 e. The molecule has 0 spiro atoms. The van der Waals surface area contributed by atoms with E-state index in [-0.39, 0.29) is 11.4 Å². The van der Waals surface area contributed by atoms with Gasteiger partial charge in [-0.2, -0.15) is 0 Å². The molecule has 0 aliphatic rings. The first kappa shape index (κ1) is 15.1. The van der Waals surface area contributed by atoms with E-state index in [2.05, 4.69) is 13.8 Å². The highest BCUT2D eigenvalue weighted by molar-refractivity contribution is 5.16. The SMILES string of the molecule is COC(C)(C)CCC(CN)Cc1cccc(F)c1. The van der Waals surface area contributed by atoms with E-state index in [9.17, 15) is 4.39 Å². The minimum atomic E-state index is -0.180. The van der Waals surface area contributed by atoms with Gasteiger partial charge in [-0.25, -0.2) is 4.39 Å². The molecule has 102 valence electrons. The molecule has 1 atom stereocenters. The van der Waals surface area contributed by atoms with Crippen LogP contribution in [0.15, 0.2) is 24.3 Å². The predicted molar refractivity (Wildman–Crippen MR) is 73.0 cm³/mol. The Kier molecular flexibility index (Phi) is 5.76. The van der Waals surface area contributed by atoms with Gasteiger partial charge in [0.05, 0.1) is 5.60 Å². The number of halogens is 1. The second-order valence-corrected chi connectivity index (χ2v) is 5.44. The molecular formula is C15H24FNO. The normalized spacial score (nSPS) is 13.6. The molecule has 2 N–H and O–H groups in total. The van der Waals surface area contributed by atoms with E-state index in [0.29, 0.717) is 12.5 Å². The van der Waals surface area contributed by atoms with E-state index in [4.69, 9.17) is 10.5 Å². The quantitative estimate of drug-likeness (QED) is 0.810. The van der Waals surface area contributed by atoms with Crippen LogP contribution in [0.1, 0.15) is 32.3 Å². The van der Waals surface area contributed by atoms with Crippen molar-refractivity contribution in [3.05, 3.63) is 35.6 Å². The lowest BCUT2D eigenvalue weighted by atomic mass is 9.90. The fraction of sp³-hybridized carbons (Fsp3) is 0.600. The summed E-state index contributed by atoms with van der Waals surface area (Å²) in [6.07, 6.45) is 2.78. The van der Waals surface area contributed by atoms with Crippen molar-refractivity contribution in [3.63, 3.8) is 0 Å². The monoisotopic (exact) mass is 253 g/mol. The topological polar surface area (TPSA) is 35.2 Å². The molecule has 0 aromatic heterocycles. The Morgan fingerprint density at radius 3 is 2.67 bits per heavy atom. The van der Waals surface area contributed by atoms with Gasteiger partial charge in [-0.05, 0) is 63.3 Å². The average Bonchev–Trinajstić information content (AvgIpc) is 2.34. The van der Waals surface area contributed by atoms with Crippen LogP contribution in [0, 0.1) is 11.7 Å². The Bertz CT molecular complexity index is 365. The van der Waals surface area contributed by atoms with Crippen molar-refractivity contribution in [2.24, 2.45) is 11.7 Å². The lowest BCUT2D eigenvalue weighted by Gasteiger charge is -2.25. The summed E-state index contributed by atoms with van der Waals surface area (Å²) in [6, 6.07) is 6.75. The summed E-state index contributed by atoms with van der Waals surface area (Å²) in [4.78, 5) is 0. The lowest BCUT2D eigenvalue weighted by Crippen LogP contribution is -2.26. The maximum atomic E-state index is 13.1. The van der Waals surface area contributed by atoms with Gasteiger partial charge >= 0.3 is 0 Å². The molecule has 3 heteroatoms. The van der Waals surface area contributed by atoms with Crippen molar-refractivity contribution in [2.45, 2.75) is 38.7 Å². The van der Waals surface area contributed by atoms with E-state index in [0.717, 1.165) is 24.8 Å². The molecule has 1 rings (SSSR count). The maximum absolute atomic E-state index is 13.1. The molecule has 0 radical (unpaired) electrons. The van der Waals surface area contributed by atoms with Crippen molar-refractivity contribution in [3.8, 4) is 0 Å². The number of hydrogen-bond acceptors (Lipinski definition) is 2. The molecule has 1 unspecified atom stereocenters. The Hall–Kier alpha value is -0.930. The molecule has 0 aliphatic heterocycles. The summed E-state index contributed by atoms with van der Waals surface area (Å²) in [7, 11) is 1.73. The van der Waals surface area contributed by atoms with E-state index >= 15 is 0 Å². The summed E-state index contributed by atoms with van der Waals surface area (Å²) in [5.74, 6) is 0.196. The molecule has 0 saturated heterocycles. The van der Waals surface area contributed by atoms with Crippen LogP contribution in [0.3, 0.4) is 0 Å². The third-order valence-electron chi connectivity index (χ3n) is 3.45. The summed E-state index contributed by atoms with van der Waals surface area (Å²) in [6.45, 7) is 4.77. The van der Waals surface area contributed by atoms with Gasteiger partial charge in [0.1, 0.15) is 5.82 Å². The number of methoxy groups -OCH3 is 1. The zero-order valence-corrected chi connectivity index (χ0v) is 11.6. The molecule has 0 amide bonds. The standard InChI is InChI=1S/C15H24FNO/c1-15(2,18-3)8-7-13(11-17)9-12-5-4-6-14(16)10-12/h4-6,10,13H,7-9,11,17H2,1-3H3. The third kappa shape index (κ3) is 5.15. The molecule has 0 bridgehead atoms. The fourth-order valence-corrected chi connectivity index (χ4v) is 1.95. The molecule has 0 saturated carbocycles. The summed E-state index contributed by atoms with van der Waals surface area (Å²) < 4.78 is 18.5. The minimum absolute atomic E-state index is 0.116. The highest BCUT2D eigenvalue weighted by Gasteiger charge is 2.19. The van der Waals surface area contributed by atoms with Crippen LogP contribution >= 0.6 is 0 Å². The van der Waals surface area contributed by atoms with E-state index in [1.54, 1.807) is 19.2 Å². The van der Waals surface area contributed by atoms with Crippen molar-refractivity contribution < 1.29 is 9.13 Å². The van der Waals surface area contributed by atoms with Gasteiger partial charge in [-0.15, -0.1) is 0 Å². The Balaban J connectivity index is 2.52. The summed E-state index contributed by atoms with van der Waals surface area (Å²) in [5.41, 5.74) is 6.69. The molecule has 1 aromatic rings. The molecule has 18 heavy (non-hydrogen) atoms. The number of hydrogen-bond donors (Lipinski definition) is 1. The second kappa shape index (κ2) is 6.86. The Labute approximate surface area is 109 Å². The van der Waals surface area contributed by atoms with Gasteiger partial charge in [-0.3, -0.25) is 0 Å². The molecule has 1 aromatic carbocycles. The fourth-order valence-electron chi connectivity index (χ4n) is 1.95. The van der Waals surface area contributed by atoms with E-state index in [1.807, 2.05) is 6.07 Å². The Morgan fingerprint density at radius 2 is 2.11 bits per heavy atom. The predicted octanol–water partition coefficient (Wildman–Crippen LogP) is 3.15. The maximum Gasteiger partial charge on any atom is 0.123 e. The third-order valence-corrected chi connectivity index (χ3v) is 3.45. The molecular weight excluding hydrogens is 229 g/mol. The number of ether oxygens (including phenoxy) is 1. The number of benzene rings is 1. The van der Waals surface area contributed by atoms with Crippen molar-refractivity contribution in [1.82, 2.24) is 0 Å². The van der Waals surface area contributed by atoms with Crippen LogP contribution in [0.25, 0.3) is 0 Å². The van der Waals surface area contributed by atoms with Gasteiger partial charge in [-0.1, -0.05) is 12.1 Å². The van der Waals surface area contributed by atoms with Gasteiger partial charge in [0, 0.05) is 7.11 Å². The zero-order chi connectivity index (χ0) is 13.6. The summed E-state index contributed by atoms with van der Waals surface area (Å²) >= 11 is 0. The highest BCUT2D eigenvalue weighted by atomic mass is 19.1. The first-order chi connectivity index (χ1) is 8.46. The average molecular weight is 253 g/mol. The summed E-state index contributed by atoms with van der Waals surface area (Å²) in [5, 5.41) is 0. The Morgan fingerprint density at radius 1 is 1.39 bits per heavy atom. The van der Waals surface area contributed by atoms with Gasteiger partial charge in [0.2, 0.25) is 0 Å². The van der Waals surface area contributed by atoms with Crippen LogP contribution in [0.2, 0.25) is 0 Å². The molecule has 2 nitrogen and oxygen atoms in total. The van der Waals surface area contributed by atoms with Crippen LogP contribution in [0.5, 0.6) is 0 Å². The zero-order valence-electron chi connectivity index (χ0n) is 11.6. The van der Waals surface area contributed by atoms with Gasteiger partial charge < -0.3 is 10.5 Å². The first-order valence-corrected chi connectivity index (χ1v) is 6.46. The van der Waals surface area contributed by atoms with Crippen molar-refractivity contribution >= 4 is 0 Å². The lowest BCUT2D eigenvalue weighted by molar-refractivity contribution is 0.0106. The second-order valence-electron chi connectivity index (χ2n) is 5.44. The molecule has 0 fully saturated rings. The van der Waals surface area contributed by atoms with Crippen LogP contribution in [-0.2, 0) is 11.2 Å². The van der Waals surface area contributed by atoms with Crippen molar-refractivity contribution in [1.29, 1.82) is 0 Å². The highest BCUT2D eigenvalue weighted by Crippen LogP contribution is 2.21. The van der Waals surface area contributed by atoms with Crippen LogP contribution < -0.4 is 5.73 Å². The largest absolute Gasteiger partial charge is 0.379 e. The van der Waals surface area contributed by atoms with Crippen LogP contribution in [0.4, 0.5) is 4.39 Å². The van der Waals surface area contributed by atoms with Gasteiger partial charge in [0.25, 0.3) is 0 Å². The van der Waals surface area contributed by atoms with Crippen molar-refractivity contribution in [2.75, 3.05) is 13.7 Å². The van der Waals surface area contributed by atoms with Gasteiger partial charge in [0.15, 0.2) is 0 Å². The molecule has 0 aliphatic carbocycles.